The third kappa shape index (κ3) is 2.34. The van der Waals surface area contributed by atoms with Gasteiger partial charge in [-0.15, -0.1) is 0 Å². The zero-order valence-corrected chi connectivity index (χ0v) is 13.2. The van der Waals surface area contributed by atoms with Gasteiger partial charge in [-0.05, 0) is 30.2 Å². The lowest BCUT2D eigenvalue weighted by Crippen LogP contribution is -2.45. The van der Waals surface area contributed by atoms with Crippen molar-refractivity contribution in [3.8, 4) is 0 Å². The van der Waals surface area contributed by atoms with E-state index in [2.05, 4.69) is 25.8 Å². The van der Waals surface area contributed by atoms with E-state index in [4.69, 9.17) is 21.8 Å². The molecule has 1 saturated carbocycles. The second kappa shape index (κ2) is 4.96. The van der Waals surface area contributed by atoms with Crippen molar-refractivity contribution >= 4 is 22.7 Å². The molecule has 3 atom stereocenters. The zero-order chi connectivity index (χ0) is 15.4. The van der Waals surface area contributed by atoms with Crippen LogP contribution in [0.3, 0.4) is 0 Å². The van der Waals surface area contributed by atoms with Gasteiger partial charge in [0.25, 0.3) is 0 Å². The average Bonchev–Trinajstić information content (AvgIpc) is 2.79. The maximum Gasteiger partial charge on any atom is 0.199 e. The summed E-state index contributed by atoms with van der Waals surface area (Å²) < 4.78 is 19.3. The number of hydrogen-bond donors (Lipinski definition) is 1. The molecule has 1 aliphatic carbocycles. The predicted molar refractivity (Wildman–Crippen MR) is 81.9 cm³/mol. The Hall–Kier alpha value is -1.13. The van der Waals surface area contributed by atoms with Gasteiger partial charge in [-0.25, -0.2) is 9.37 Å². The fourth-order valence-corrected chi connectivity index (χ4v) is 3.66. The summed E-state index contributed by atoms with van der Waals surface area (Å²) in [6.45, 7) is 6.56. The quantitative estimate of drug-likeness (QED) is 0.844. The Morgan fingerprint density at radius 3 is 2.81 bits per heavy atom. The van der Waals surface area contributed by atoms with E-state index in [1.165, 1.54) is 12.1 Å². The van der Waals surface area contributed by atoms with Crippen molar-refractivity contribution in [1.29, 1.82) is 0 Å². The van der Waals surface area contributed by atoms with Gasteiger partial charge in [-0.2, -0.15) is 0 Å². The number of aromatic nitrogens is 1. The van der Waals surface area contributed by atoms with Gasteiger partial charge in [0.1, 0.15) is 11.3 Å². The van der Waals surface area contributed by atoms with Gasteiger partial charge in [0, 0.05) is 18.0 Å². The Morgan fingerprint density at radius 1 is 1.38 bits per heavy atom. The van der Waals surface area contributed by atoms with Gasteiger partial charge in [-0.3, -0.25) is 0 Å². The smallest absolute Gasteiger partial charge is 0.199 e. The summed E-state index contributed by atoms with van der Waals surface area (Å²) in [4.78, 5) is 4.48. The maximum absolute atomic E-state index is 13.4. The maximum atomic E-state index is 13.4. The molecule has 0 bridgehead atoms. The molecule has 3 unspecified atom stereocenters. The van der Waals surface area contributed by atoms with E-state index in [9.17, 15) is 4.39 Å². The van der Waals surface area contributed by atoms with Crippen LogP contribution in [-0.4, -0.2) is 11.0 Å². The lowest BCUT2D eigenvalue weighted by Gasteiger charge is -2.45. The summed E-state index contributed by atoms with van der Waals surface area (Å²) >= 11 is 6.04. The minimum atomic E-state index is -0.398. The van der Waals surface area contributed by atoms with Crippen LogP contribution in [0.25, 0.3) is 11.1 Å². The molecule has 1 aromatic heterocycles. The van der Waals surface area contributed by atoms with Crippen LogP contribution in [0.15, 0.2) is 16.5 Å². The van der Waals surface area contributed by atoms with Gasteiger partial charge < -0.3 is 10.2 Å². The van der Waals surface area contributed by atoms with E-state index in [0.717, 1.165) is 12.8 Å². The Bertz CT molecular complexity index is 682. The van der Waals surface area contributed by atoms with E-state index in [0.29, 0.717) is 22.9 Å². The summed E-state index contributed by atoms with van der Waals surface area (Å²) in [5, 5.41) is 0.266. The molecule has 21 heavy (non-hydrogen) atoms. The van der Waals surface area contributed by atoms with Crippen molar-refractivity contribution in [1.82, 2.24) is 4.98 Å². The van der Waals surface area contributed by atoms with Crippen LogP contribution < -0.4 is 5.73 Å². The molecule has 0 saturated heterocycles. The first-order chi connectivity index (χ1) is 9.80. The zero-order valence-electron chi connectivity index (χ0n) is 12.5. The van der Waals surface area contributed by atoms with Crippen molar-refractivity contribution in [2.45, 2.75) is 45.6 Å². The van der Waals surface area contributed by atoms with E-state index in [1.807, 2.05) is 0 Å². The van der Waals surface area contributed by atoms with Gasteiger partial charge in [-0.1, -0.05) is 32.4 Å². The van der Waals surface area contributed by atoms with Crippen LogP contribution in [0.5, 0.6) is 0 Å². The topological polar surface area (TPSA) is 52.0 Å². The molecule has 0 radical (unpaired) electrons. The van der Waals surface area contributed by atoms with Crippen LogP contribution >= 0.6 is 11.6 Å². The molecule has 2 N–H and O–H groups in total. The molecular weight excluding hydrogens is 291 g/mol. The van der Waals surface area contributed by atoms with Gasteiger partial charge in [0.15, 0.2) is 11.5 Å². The first kappa shape index (κ1) is 14.8. The minimum Gasteiger partial charge on any atom is -0.439 e. The van der Waals surface area contributed by atoms with Crippen LogP contribution in [-0.2, 0) is 0 Å². The van der Waals surface area contributed by atoms with E-state index in [-0.39, 0.29) is 22.4 Å². The molecule has 0 amide bonds. The van der Waals surface area contributed by atoms with Gasteiger partial charge in [0.05, 0.1) is 5.02 Å². The fourth-order valence-electron chi connectivity index (χ4n) is 3.42. The molecule has 5 heteroatoms. The van der Waals surface area contributed by atoms with Gasteiger partial charge >= 0.3 is 0 Å². The first-order valence-corrected chi connectivity index (χ1v) is 7.69. The van der Waals surface area contributed by atoms with Crippen molar-refractivity contribution in [3.63, 3.8) is 0 Å². The van der Waals surface area contributed by atoms with Crippen molar-refractivity contribution in [2.75, 3.05) is 0 Å². The third-order valence-corrected chi connectivity index (χ3v) is 5.51. The monoisotopic (exact) mass is 310 g/mol. The number of nitrogens with two attached hydrogens (primary N) is 1. The molecular formula is C16H20ClFN2O. The fraction of sp³-hybridized carbons (Fsp3) is 0.562. The standard InChI is InChI=1S/C16H20ClFN2O/c1-8-12(19)5-4-10(16(8,2)3)15-20-13-7-9(18)6-11(17)14(13)21-15/h6-8,10,12H,4-5,19H2,1-3H3. The SMILES string of the molecule is CC1C(N)CCC(c2nc3cc(F)cc(Cl)c3o2)C1(C)C. The largest absolute Gasteiger partial charge is 0.439 e. The summed E-state index contributed by atoms with van der Waals surface area (Å²) in [7, 11) is 0. The number of rotatable bonds is 1. The van der Waals surface area contributed by atoms with Crippen molar-refractivity contribution in [3.05, 3.63) is 28.9 Å². The lowest BCUT2D eigenvalue weighted by molar-refractivity contribution is 0.0855. The Balaban J connectivity index is 2.06. The van der Waals surface area contributed by atoms with Gasteiger partial charge in [0.2, 0.25) is 0 Å². The number of halogens is 2. The molecule has 114 valence electrons. The van der Waals surface area contributed by atoms with E-state index >= 15 is 0 Å². The third-order valence-electron chi connectivity index (χ3n) is 5.23. The minimum absolute atomic E-state index is 0.0242. The first-order valence-electron chi connectivity index (χ1n) is 7.31. The molecule has 0 spiro atoms. The van der Waals surface area contributed by atoms with Crippen LogP contribution in [0.2, 0.25) is 5.02 Å². The highest BCUT2D eigenvalue weighted by Crippen LogP contribution is 2.50. The van der Waals surface area contributed by atoms with Crippen molar-refractivity contribution < 1.29 is 8.81 Å². The molecule has 2 aromatic rings. The summed E-state index contributed by atoms with van der Waals surface area (Å²) in [6, 6.07) is 2.81. The van der Waals surface area contributed by atoms with E-state index < -0.39 is 5.82 Å². The average molecular weight is 311 g/mol. The number of fused-ring (bicyclic) bond motifs is 1. The second-order valence-electron chi connectivity index (χ2n) is 6.69. The number of hydrogen-bond acceptors (Lipinski definition) is 3. The second-order valence-corrected chi connectivity index (χ2v) is 7.10. The Labute approximate surface area is 128 Å². The van der Waals surface area contributed by atoms with E-state index in [1.54, 1.807) is 0 Å². The Morgan fingerprint density at radius 2 is 2.10 bits per heavy atom. The highest BCUT2D eigenvalue weighted by molar-refractivity contribution is 6.34. The van der Waals surface area contributed by atoms with Crippen molar-refractivity contribution in [2.24, 2.45) is 17.1 Å². The van der Waals surface area contributed by atoms with Crippen LogP contribution in [0.1, 0.15) is 45.4 Å². The molecule has 1 heterocycles. The van der Waals surface area contributed by atoms with Crippen LogP contribution in [0, 0.1) is 17.2 Å². The molecule has 0 aliphatic heterocycles. The summed E-state index contributed by atoms with van der Waals surface area (Å²) in [5.41, 5.74) is 7.11. The molecule has 1 aliphatic rings. The summed E-state index contributed by atoms with van der Waals surface area (Å²) in [5.74, 6) is 0.768. The predicted octanol–water partition coefficient (Wildman–Crippen LogP) is 4.49. The number of nitrogens with zero attached hydrogens (tertiary/aromatic N) is 1. The normalized spacial score (nSPS) is 29.0. The molecule has 3 nitrogen and oxygen atoms in total. The Kier molecular flexibility index (Phi) is 3.49. The number of oxazole rings is 1. The lowest BCUT2D eigenvalue weighted by atomic mass is 9.61. The number of benzene rings is 1. The molecule has 1 aromatic carbocycles. The van der Waals surface area contributed by atoms with Crippen LogP contribution in [0.4, 0.5) is 4.39 Å². The molecule has 1 fully saturated rings. The highest BCUT2D eigenvalue weighted by Gasteiger charge is 2.44. The highest BCUT2D eigenvalue weighted by atomic mass is 35.5. The molecule has 3 rings (SSSR count). The summed E-state index contributed by atoms with van der Waals surface area (Å²) in [6.07, 6.45) is 1.86.